The van der Waals surface area contributed by atoms with Crippen LogP contribution in [0.1, 0.15) is 30.9 Å². The lowest BCUT2D eigenvalue weighted by Gasteiger charge is -2.26. The minimum absolute atomic E-state index is 0.0556. The molecule has 0 unspecified atom stereocenters. The van der Waals surface area contributed by atoms with Crippen LogP contribution >= 0.6 is 15.9 Å². The van der Waals surface area contributed by atoms with Gasteiger partial charge < -0.3 is 8.92 Å². The molecule has 1 aliphatic heterocycles. The number of aryl methyl sites for hydroxylation is 1. The molecule has 0 aromatic heterocycles. The monoisotopic (exact) mass is 612 g/mol. The van der Waals surface area contributed by atoms with Crippen molar-refractivity contribution in [3.8, 4) is 11.5 Å². The third-order valence-electron chi connectivity index (χ3n) is 5.74. The van der Waals surface area contributed by atoms with Gasteiger partial charge in [-0.2, -0.15) is 8.42 Å². The van der Waals surface area contributed by atoms with E-state index in [0.717, 1.165) is 23.3 Å². The van der Waals surface area contributed by atoms with E-state index in [4.69, 9.17) is 8.92 Å². The smallest absolute Gasteiger partial charge is 0.339 e. The average Bonchev–Trinajstić information content (AvgIpc) is 2.89. The van der Waals surface area contributed by atoms with Gasteiger partial charge in [-0.05, 0) is 74.0 Å². The highest BCUT2D eigenvalue weighted by atomic mass is 79.9. The van der Waals surface area contributed by atoms with Crippen LogP contribution < -0.4 is 19.1 Å². The molecule has 1 fully saturated rings. The fourth-order valence-corrected chi connectivity index (χ4v) is 4.99. The van der Waals surface area contributed by atoms with E-state index < -0.39 is 28.0 Å². The Bertz CT molecular complexity index is 1550. The number of rotatable bonds is 9. The summed E-state index contributed by atoms with van der Waals surface area (Å²) in [5.41, 5.74) is 0.857. The zero-order valence-electron chi connectivity index (χ0n) is 21.1. The summed E-state index contributed by atoms with van der Waals surface area (Å²) >= 11 is 3.32. The molecule has 1 saturated heterocycles. The van der Waals surface area contributed by atoms with Crippen molar-refractivity contribution in [2.45, 2.75) is 31.6 Å². The molecule has 0 aliphatic carbocycles. The molecule has 0 spiro atoms. The topological polar surface area (TPSA) is 119 Å². The zero-order chi connectivity index (χ0) is 28.2. The van der Waals surface area contributed by atoms with Crippen molar-refractivity contribution < 1.29 is 31.7 Å². The van der Waals surface area contributed by atoms with Crippen LogP contribution in [0.3, 0.4) is 0 Å². The van der Waals surface area contributed by atoms with Crippen molar-refractivity contribution in [1.82, 2.24) is 5.32 Å². The van der Waals surface area contributed by atoms with Crippen molar-refractivity contribution >= 4 is 55.7 Å². The van der Waals surface area contributed by atoms with Crippen LogP contribution in [0.2, 0.25) is 0 Å². The Morgan fingerprint density at radius 2 is 1.67 bits per heavy atom. The van der Waals surface area contributed by atoms with E-state index in [-0.39, 0.29) is 27.5 Å². The summed E-state index contributed by atoms with van der Waals surface area (Å²) in [4.78, 5) is 39.4. The Hall–Kier alpha value is -3.96. The normalized spacial score (nSPS) is 14.9. The Morgan fingerprint density at radius 1 is 0.974 bits per heavy atom. The maximum absolute atomic E-state index is 13.4. The number of anilines is 1. The lowest BCUT2D eigenvalue weighted by atomic mass is 10.1. The fourth-order valence-electron chi connectivity index (χ4n) is 3.65. The first kappa shape index (κ1) is 28.1. The number of nitrogens with one attached hydrogen (secondary N) is 1. The number of barbiturate groups is 1. The number of hydrogen-bond donors (Lipinski definition) is 1. The second-order valence-electron chi connectivity index (χ2n) is 8.69. The van der Waals surface area contributed by atoms with E-state index in [9.17, 15) is 22.8 Å². The van der Waals surface area contributed by atoms with Crippen molar-refractivity contribution in [3.63, 3.8) is 0 Å². The first-order valence-corrected chi connectivity index (χ1v) is 14.2. The largest absolute Gasteiger partial charge is 0.494 e. The number of amides is 4. The summed E-state index contributed by atoms with van der Waals surface area (Å²) in [6, 6.07) is 16.0. The van der Waals surface area contributed by atoms with Crippen LogP contribution in [0.5, 0.6) is 11.5 Å². The first-order valence-electron chi connectivity index (χ1n) is 12.0. The van der Waals surface area contributed by atoms with Crippen molar-refractivity contribution in [3.05, 3.63) is 87.9 Å². The van der Waals surface area contributed by atoms with E-state index in [1.807, 2.05) is 13.8 Å². The van der Waals surface area contributed by atoms with Gasteiger partial charge in [0.05, 0.1) is 12.3 Å². The molecule has 0 bridgehead atoms. The summed E-state index contributed by atoms with van der Waals surface area (Å²) in [7, 11) is -4.21. The molecule has 1 aliphatic rings. The van der Waals surface area contributed by atoms with Gasteiger partial charge >= 0.3 is 16.1 Å². The number of hydrogen-bond acceptors (Lipinski definition) is 7. The van der Waals surface area contributed by atoms with Crippen LogP contribution in [0.15, 0.2) is 81.7 Å². The van der Waals surface area contributed by atoms with Gasteiger partial charge in [-0.3, -0.25) is 14.9 Å². The highest BCUT2D eigenvalue weighted by Gasteiger charge is 2.37. The van der Waals surface area contributed by atoms with Crippen LogP contribution in [-0.2, 0) is 19.7 Å². The molecule has 1 heterocycles. The van der Waals surface area contributed by atoms with Crippen molar-refractivity contribution in [2.24, 2.45) is 0 Å². The number of unbranched alkanes of at least 4 members (excludes halogenated alkanes) is 1. The average molecular weight is 613 g/mol. The minimum Gasteiger partial charge on any atom is -0.494 e. The fraction of sp³-hybridized carbons (Fsp3) is 0.179. The zero-order valence-corrected chi connectivity index (χ0v) is 23.5. The second kappa shape index (κ2) is 11.8. The van der Waals surface area contributed by atoms with E-state index in [2.05, 4.69) is 21.2 Å². The van der Waals surface area contributed by atoms with E-state index in [0.29, 0.717) is 16.8 Å². The maximum Gasteiger partial charge on any atom is 0.339 e. The molecule has 9 nitrogen and oxygen atoms in total. The van der Waals surface area contributed by atoms with Gasteiger partial charge in [-0.15, -0.1) is 0 Å². The molecule has 0 saturated carbocycles. The maximum atomic E-state index is 13.4. The molecule has 3 aromatic carbocycles. The van der Waals surface area contributed by atoms with Gasteiger partial charge in [0, 0.05) is 10.0 Å². The molecule has 0 radical (unpaired) electrons. The summed E-state index contributed by atoms with van der Waals surface area (Å²) in [5.74, 6) is -1.33. The summed E-state index contributed by atoms with van der Waals surface area (Å²) in [6.45, 7) is 4.41. The molecular formula is C28H25BrN2O7S. The van der Waals surface area contributed by atoms with Crippen LogP contribution in [0, 0.1) is 6.92 Å². The summed E-state index contributed by atoms with van der Waals surface area (Å²) < 4.78 is 37.3. The molecule has 1 N–H and O–H groups in total. The number of carbonyl (C=O) groups is 3. The molecule has 11 heteroatoms. The molecule has 39 heavy (non-hydrogen) atoms. The van der Waals surface area contributed by atoms with E-state index >= 15 is 0 Å². The Balaban J connectivity index is 1.65. The molecule has 3 aromatic rings. The first-order chi connectivity index (χ1) is 18.6. The van der Waals surface area contributed by atoms with E-state index in [1.54, 1.807) is 30.3 Å². The molecule has 4 rings (SSSR count). The number of benzene rings is 3. The lowest BCUT2D eigenvalue weighted by Crippen LogP contribution is -2.54. The number of carbonyl (C=O) groups excluding carboxylic acids is 3. The predicted octanol–water partition coefficient (Wildman–Crippen LogP) is 5.37. The van der Waals surface area contributed by atoms with Crippen molar-refractivity contribution in [1.29, 1.82) is 0 Å². The Morgan fingerprint density at radius 3 is 2.33 bits per heavy atom. The van der Waals surface area contributed by atoms with Gasteiger partial charge in [-0.25, -0.2) is 9.69 Å². The molecule has 4 amide bonds. The predicted molar refractivity (Wildman–Crippen MR) is 149 cm³/mol. The molecule has 0 atom stereocenters. The Labute approximate surface area is 234 Å². The minimum atomic E-state index is -4.21. The Kier molecular flexibility index (Phi) is 8.51. The number of urea groups is 1. The summed E-state index contributed by atoms with van der Waals surface area (Å²) in [6.07, 6.45) is 3.05. The highest BCUT2D eigenvalue weighted by Crippen LogP contribution is 2.30. The standard InChI is InChI=1S/C28H25BrN2O7S/c1-3-4-15-37-22-10-8-21(9-11-22)31-27(33)24(26(32)30-28(31)34)17-19-16-20(29)7-14-25(19)38-39(35,36)23-12-5-18(2)6-13-23/h5-14,16-17H,3-4,15H2,1-2H3,(H,30,32,34)/b24-17-. The molecule has 202 valence electrons. The van der Waals surface area contributed by atoms with Gasteiger partial charge in [0.1, 0.15) is 22.0 Å². The lowest BCUT2D eigenvalue weighted by molar-refractivity contribution is -0.122. The number of imide groups is 2. The highest BCUT2D eigenvalue weighted by molar-refractivity contribution is 9.10. The van der Waals surface area contributed by atoms with Gasteiger partial charge in [0.2, 0.25) is 0 Å². The third kappa shape index (κ3) is 6.55. The van der Waals surface area contributed by atoms with Gasteiger partial charge in [0.25, 0.3) is 11.8 Å². The quantitative estimate of drug-likeness (QED) is 0.149. The van der Waals surface area contributed by atoms with Gasteiger partial charge in [0.15, 0.2) is 0 Å². The third-order valence-corrected chi connectivity index (χ3v) is 7.49. The number of ether oxygens (including phenoxy) is 1. The second-order valence-corrected chi connectivity index (χ2v) is 11.1. The SMILES string of the molecule is CCCCOc1ccc(N2C(=O)NC(=O)/C(=C/c3cc(Br)ccc3OS(=O)(=O)c3ccc(C)cc3)C2=O)cc1. The summed E-state index contributed by atoms with van der Waals surface area (Å²) in [5, 5.41) is 2.16. The van der Waals surface area contributed by atoms with Crippen LogP contribution in [0.4, 0.5) is 10.5 Å². The molecular weight excluding hydrogens is 588 g/mol. The van der Waals surface area contributed by atoms with Crippen LogP contribution in [0.25, 0.3) is 6.08 Å². The van der Waals surface area contributed by atoms with Crippen molar-refractivity contribution in [2.75, 3.05) is 11.5 Å². The van der Waals surface area contributed by atoms with Gasteiger partial charge in [-0.1, -0.05) is 47.0 Å². The number of halogens is 1. The van der Waals surface area contributed by atoms with E-state index in [1.165, 1.54) is 42.5 Å². The van der Waals surface area contributed by atoms with Crippen LogP contribution in [-0.4, -0.2) is 32.9 Å². The number of nitrogens with zero attached hydrogens (tertiary/aromatic N) is 1.